The largest absolute Gasteiger partial charge is 0.496 e. The maximum absolute atomic E-state index is 12.4. The second-order valence-electron chi connectivity index (χ2n) is 7.06. The van der Waals surface area contributed by atoms with Gasteiger partial charge in [-0.2, -0.15) is 8.78 Å². The third-order valence-electron chi connectivity index (χ3n) is 4.82. The summed E-state index contributed by atoms with van der Waals surface area (Å²) in [6, 6.07) is 18.8. The smallest absolute Gasteiger partial charge is 0.387 e. The van der Waals surface area contributed by atoms with Gasteiger partial charge in [-0.3, -0.25) is 4.79 Å². The Morgan fingerprint density at radius 2 is 1.76 bits per heavy atom. The monoisotopic (exact) mass is 450 g/mol. The van der Waals surface area contributed by atoms with Crippen LogP contribution in [0.1, 0.15) is 27.0 Å². The van der Waals surface area contributed by atoms with Gasteiger partial charge in [-0.05, 0) is 66.1 Å². The predicted octanol–water partition coefficient (Wildman–Crippen LogP) is 6.50. The average molecular weight is 450 g/mol. The standard InChI is InChI=1S/C27H24F2O4/c1-3-6-21-7-4-5-8-26(21)32-18-22-17-19(10-16-25(22)31-2)9-15-24(30)20-11-13-23(14-12-20)33-27(28)29/h3-5,7-17,27H,1,6,18H2,2H3/b15-9+. The Kier molecular flexibility index (Phi) is 8.36. The van der Waals surface area contributed by atoms with E-state index in [0.29, 0.717) is 24.3 Å². The van der Waals surface area contributed by atoms with Gasteiger partial charge in [-0.15, -0.1) is 6.58 Å². The summed E-state index contributed by atoms with van der Waals surface area (Å²) in [6.07, 6.45) is 5.63. The fourth-order valence-electron chi connectivity index (χ4n) is 3.21. The van der Waals surface area contributed by atoms with Crippen LogP contribution in [-0.2, 0) is 13.0 Å². The Labute approximate surface area is 191 Å². The van der Waals surface area contributed by atoms with E-state index in [4.69, 9.17) is 9.47 Å². The molecule has 0 aromatic heterocycles. The maximum Gasteiger partial charge on any atom is 0.387 e. The van der Waals surface area contributed by atoms with Crippen molar-refractivity contribution in [3.05, 3.63) is 108 Å². The van der Waals surface area contributed by atoms with Gasteiger partial charge >= 0.3 is 6.61 Å². The summed E-state index contributed by atoms with van der Waals surface area (Å²) in [7, 11) is 1.59. The molecule has 3 aromatic carbocycles. The molecule has 0 aliphatic rings. The molecule has 4 nitrogen and oxygen atoms in total. The van der Waals surface area contributed by atoms with Crippen molar-refractivity contribution in [3.8, 4) is 17.2 Å². The Hall–Kier alpha value is -3.93. The van der Waals surface area contributed by atoms with Gasteiger partial charge in [0.15, 0.2) is 5.78 Å². The summed E-state index contributed by atoms with van der Waals surface area (Å²) in [5.41, 5.74) is 3.02. The number of para-hydroxylation sites is 1. The quantitative estimate of drug-likeness (QED) is 0.190. The van der Waals surface area contributed by atoms with Crippen molar-refractivity contribution in [2.24, 2.45) is 0 Å². The third-order valence-corrected chi connectivity index (χ3v) is 4.82. The van der Waals surface area contributed by atoms with Crippen LogP contribution in [-0.4, -0.2) is 19.5 Å². The Morgan fingerprint density at radius 3 is 2.45 bits per heavy atom. The van der Waals surface area contributed by atoms with Crippen LogP contribution < -0.4 is 14.2 Å². The lowest BCUT2D eigenvalue weighted by atomic mass is 10.1. The molecular formula is C27H24F2O4. The van der Waals surface area contributed by atoms with E-state index < -0.39 is 6.61 Å². The number of rotatable bonds is 11. The molecular weight excluding hydrogens is 426 g/mol. The zero-order chi connectivity index (χ0) is 23.6. The van der Waals surface area contributed by atoms with Crippen LogP contribution >= 0.6 is 0 Å². The van der Waals surface area contributed by atoms with Crippen LogP contribution in [0.25, 0.3) is 6.08 Å². The second kappa shape index (κ2) is 11.6. The highest BCUT2D eigenvalue weighted by Crippen LogP contribution is 2.25. The molecule has 0 bridgehead atoms. The summed E-state index contributed by atoms with van der Waals surface area (Å²) >= 11 is 0. The molecule has 33 heavy (non-hydrogen) atoms. The van der Waals surface area contributed by atoms with E-state index in [1.807, 2.05) is 48.5 Å². The van der Waals surface area contributed by atoms with E-state index >= 15 is 0 Å². The molecule has 0 spiro atoms. The highest BCUT2D eigenvalue weighted by Gasteiger charge is 2.09. The summed E-state index contributed by atoms with van der Waals surface area (Å²) in [5.74, 6) is 1.19. The predicted molar refractivity (Wildman–Crippen MR) is 124 cm³/mol. The van der Waals surface area contributed by atoms with E-state index in [9.17, 15) is 13.6 Å². The summed E-state index contributed by atoms with van der Waals surface area (Å²) in [5, 5.41) is 0. The molecule has 0 amide bonds. The van der Waals surface area contributed by atoms with E-state index in [1.165, 1.54) is 30.3 Å². The highest BCUT2D eigenvalue weighted by atomic mass is 19.3. The molecule has 0 saturated heterocycles. The molecule has 170 valence electrons. The number of alkyl halides is 2. The molecule has 6 heteroatoms. The van der Waals surface area contributed by atoms with Gasteiger partial charge in [-0.25, -0.2) is 0 Å². The van der Waals surface area contributed by atoms with Crippen molar-refractivity contribution < 1.29 is 27.8 Å². The Morgan fingerprint density at radius 1 is 1.00 bits per heavy atom. The molecule has 3 aromatic rings. The van der Waals surface area contributed by atoms with Crippen LogP contribution in [0.5, 0.6) is 17.2 Å². The van der Waals surface area contributed by atoms with Crippen molar-refractivity contribution in [3.63, 3.8) is 0 Å². The summed E-state index contributed by atoms with van der Waals surface area (Å²) in [6.45, 7) is 1.16. The van der Waals surface area contributed by atoms with Crippen molar-refractivity contribution in [1.29, 1.82) is 0 Å². The number of ketones is 1. The van der Waals surface area contributed by atoms with E-state index in [2.05, 4.69) is 11.3 Å². The van der Waals surface area contributed by atoms with Gasteiger partial charge in [0.25, 0.3) is 0 Å². The van der Waals surface area contributed by atoms with E-state index in [-0.39, 0.29) is 11.5 Å². The van der Waals surface area contributed by atoms with Gasteiger partial charge in [0, 0.05) is 11.1 Å². The first kappa shape index (κ1) is 23.7. The van der Waals surface area contributed by atoms with Gasteiger partial charge < -0.3 is 14.2 Å². The third kappa shape index (κ3) is 6.77. The molecule has 0 fully saturated rings. The molecule has 0 radical (unpaired) electrons. The topological polar surface area (TPSA) is 44.8 Å². The Bertz CT molecular complexity index is 1120. The molecule has 0 atom stereocenters. The van der Waals surface area contributed by atoms with Crippen LogP contribution in [0.3, 0.4) is 0 Å². The lowest BCUT2D eigenvalue weighted by Crippen LogP contribution is -2.02. The fourth-order valence-corrected chi connectivity index (χ4v) is 3.21. The van der Waals surface area contributed by atoms with Gasteiger partial charge in [0.2, 0.25) is 0 Å². The average Bonchev–Trinajstić information content (AvgIpc) is 2.82. The zero-order valence-corrected chi connectivity index (χ0v) is 18.2. The van der Waals surface area contributed by atoms with Crippen molar-refractivity contribution in [2.75, 3.05) is 7.11 Å². The summed E-state index contributed by atoms with van der Waals surface area (Å²) in [4.78, 5) is 12.4. The first-order chi connectivity index (χ1) is 16.0. The molecule has 0 N–H and O–H groups in total. The summed E-state index contributed by atoms with van der Waals surface area (Å²) < 4.78 is 40.3. The fraction of sp³-hybridized carbons (Fsp3) is 0.148. The molecule has 3 rings (SSSR count). The number of ether oxygens (including phenoxy) is 3. The van der Waals surface area contributed by atoms with Crippen molar-refractivity contribution in [2.45, 2.75) is 19.6 Å². The number of hydrogen-bond donors (Lipinski definition) is 0. The number of benzene rings is 3. The molecule has 0 unspecified atom stereocenters. The van der Waals surface area contributed by atoms with Gasteiger partial charge in [0.05, 0.1) is 7.11 Å². The second-order valence-corrected chi connectivity index (χ2v) is 7.06. The van der Waals surface area contributed by atoms with Crippen LogP contribution in [0.2, 0.25) is 0 Å². The first-order valence-corrected chi connectivity index (χ1v) is 10.3. The number of carbonyl (C=O) groups is 1. The zero-order valence-electron chi connectivity index (χ0n) is 18.2. The molecule has 0 heterocycles. The lowest BCUT2D eigenvalue weighted by molar-refractivity contribution is -0.0498. The SMILES string of the molecule is C=CCc1ccccc1OCc1cc(/C=C/C(=O)c2ccc(OC(F)F)cc2)ccc1OC. The highest BCUT2D eigenvalue weighted by molar-refractivity contribution is 6.06. The minimum absolute atomic E-state index is 0.00000957. The van der Waals surface area contributed by atoms with Gasteiger partial charge in [0.1, 0.15) is 23.9 Å². The number of hydrogen-bond acceptors (Lipinski definition) is 4. The molecule has 0 aliphatic carbocycles. The van der Waals surface area contributed by atoms with Crippen LogP contribution in [0.4, 0.5) is 8.78 Å². The van der Waals surface area contributed by atoms with Gasteiger partial charge in [-0.1, -0.05) is 36.4 Å². The van der Waals surface area contributed by atoms with Crippen LogP contribution in [0.15, 0.2) is 85.5 Å². The number of methoxy groups -OCH3 is 1. The number of halogens is 2. The van der Waals surface area contributed by atoms with Crippen LogP contribution in [0, 0.1) is 0 Å². The number of allylic oxidation sites excluding steroid dienone is 2. The van der Waals surface area contributed by atoms with Crippen molar-refractivity contribution >= 4 is 11.9 Å². The molecule has 0 aliphatic heterocycles. The van der Waals surface area contributed by atoms with E-state index in [1.54, 1.807) is 13.2 Å². The first-order valence-electron chi connectivity index (χ1n) is 10.3. The normalized spacial score (nSPS) is 10.9. The lowest BCUT2D eigenvalue weighted by Gasteiger charge is -2.13. The van der Waals surface area contributed by atoms with E-state index in [0.717, 1.165) is 22.4 Å². The number of carbonyl (C=O) groups excluding carboxylic acids is 1. The minimum Gasteiger partial charge on any atom is -0.496 e. The Balaban J connectivity index is 1.71. The molecule has 0 saturated carbocycles. The maximum atomic E-state index is 12.4. The van der Waals surface area contributed by atoms with Crippen molar-refractivity contribution in [1.82, 2.24) is 0 Å². The minimum atomic E-state index is -2.91.